The molecule has 0 nitrogen and oxygen atoms in total. The summed E-state index contributed by atoms with van der Waals surface area (Å²) in [6.07, 6.45) is 3.79. The van der Waals surface area contributed by atoms with Crippen molar-refractivity contribution in [1.82, 2.24) is 0 Å². The normalized spacial score (nSPS) is 11.2. The number of benzene rings is 3. The summed E-state index contributed by atoms with van der Waals surface area (Å²) in [6.45, 7) is 4.65. The lowest BCUT2D eigenvalue weighted by Gasteiger charge is -2.28. The van der Waals surface area contributed by atoms with E-state index in [-0.39, 0.29) is 24.0 Å². The van der Waals surface area contributed by atoms with Crippen LogP contribution in [0.4, 0.5) is 0 Å². The fourth-order valence-corrected chi connectivity index (χ4v) is 7.99. The maximum atomic E-state index is 2.34. The van der Waals surface area contributed by atoms with Gasteiger partial charge in [-0.25, -0.2) is 0 Å². The van der Waals surface area contributed by atoms with Gasteiger partial charge in [-0.2, -0.15) is 0 Å². The van der Waals surface area contributed by atoms with Gasteiger partial charge in [0, 0.05) is 0 Å². The second-order valence-corrected chi connectivity index (χ2v) is 10.7. The van der Waals surface area contributed by atoms with Gasteiger partial charge in [0.1, 0.15) is 23.2 Å². The van der Waals surface area contributed by atoms with Gasteiger partial charge < -0.3 is 24.0 Å². The van der Waals surface area contributed by atoms with E-state index in [2.05, 4.69) is 105 Å². The monoisotopic (exact) mass is 474 g/mol. The topological polar surface area (TPSA) is 0 Å². The zero-order valence-electron chi connectivity index (χ0n) is 15.7. The molecule has 0 unspecified atom stereocenters. The molecule has 3 rings (SSSR count). The van der Waals surface area contributed by atoms with Gasteiger partial charge in [-0.05, 0) is 55.2 Å². The molecule has 2 heteroatoms. The standard InChI is InChI=1S/C24H28P.HI/c1-21(2)13-12-20-25(22-14-6-3-7-15-22,23-16-8-4-9-17-23)24-18-10-5-11-19-24;/h3-11,14-19,21H,12-13,20H2,1-2H3;1H/q+1;/p-1. The van der Waals surface area contributed by atoms with Gasteiger partial charge in [-0.3, -0.25) is 0 Å². The minimum absolute atomic E-state index is 0. The zero-order chi connectivity index (χ0) is 17.5. The van der Waals surface area contributed by atoms with Crippen LogP contribution in [0.2, 0.25) is 0 Å². The van der Waals surface area contributed by atoms with Crippen LogP contribution < -0.4 is 39.9 Å². The van der Waals surface area contributed by atoms with E-state index in [1.54, 1.807) is 0 Å². The van der Waals surface area contributed by atoms with Crippen molar-refractivity contribution in [2.75, 3.05) is 6.16 Å². The van der Waals surface area contributed by atoms with Crippen molar-refractivity contribution in [1.29, 1.82) is 0 Å². The highest BCUT2D eigenvalue weighted by Crippen LogP contribution is 2.56. The van der Waals surface area contributed by atoms with Gasteiger partial charge in [-0.15, -0.1) is 0 Å². The highest BCUT2D eigenvalue weighted by molar-refractivity contribution is 7.95. The van der Waals surface area contributed by atoms with Crippen LogP contribution in [0, 0.1) is 5.92 Å². The molecule has 0 aliphatic rings. The third-order valence-electron chi connectivity index (χ3n) is 4.87. The van der Waals surface area contributed by atoms with Crippen molar-refractivity contribution in [3.8, 4) is 0 Å². The Labute approximate surface area is 176 Å². The molecule has 0 amide bonds. The Balaban J connectivity index is 0.00000243. The fourth-order valence-electron chi connectivity index (χ4n) is 3.62. The van der Waals surface area contributed by atoms with Crippen molar-refractivity contribution in [2.45, 2.75) is 26.7 Å². The molecular formula is C24H28IP. The molecule has 0 bridgehead atoms. The lowest BCUT2D eigenvalue weighted by molar-refractivity contribution is -0.00000514. The maximum absolute atomic E-state index is 2.34. The Morgan fingerprint density at radius 3 is 1.27 bits per heavy atom. The molecule has 3 aromatic rings. The van der Waals surface area contributed by atoms with E-state index < -0.39 is 7.26 Å². The quantitative estimate of drug-likeness (QED) is 0.365. The van der Waals surface area contributed by atoms with Gasteiger partial charge in [0.25, 0.3) is 0 Å². The van der Waals surface area contributed by atoms with Crippen LogP contribution in [0.15, 0.2) is 91.0 Å². The minimum atomic E-state index is -1.61. The summed E-state index contributed by atoms with van der Waals surface area (Å²) in [4.78, 5) is 0. The molecule has 26 heavy (non-hydrogen) atoms. The summed E-state index contributed by atoms with van der Waals surface area (Å²) < 4.78 is 0. The molecule has 0 aromatic heterocycles. The summed E-state index contributed by atoms with van der Waals surface area (Å²) in [5.74, 6) is 0.754. The smallest absolute Gasteiger partial charge is 0.112 e. The minimum Gasteiger partial charge on any atom is -1.00 e. The third-order valence-corrected chi connectivity index (χ3v) is 9.39. The van der Waals surface area contributed by atoms with Crippen LogP contribution in [0.1, 0.15) is 26.7 Å². The zero-order valence-corrected chi connectivity index (χ0v) is 18.7. The van der Waals surface area contributed by atoms with Gasteiger partial charge in [0.05, 0.1) is 6.16 Å². The lowest BCUT2D eigenvalue weighted by Crippen LogP contribution is -3.00. The Morgan fingerprint density at radius 2 is 0.962 bits per heavy atom. The molecule has 0 aliphatic heterocycles. The Morgan fingerprint density at radius 1 is 0.615 bits per heavy atom. The van der Waals surface area contributed by atoms with E-state index in [0.29, 0.717) is 0 Å². The van der Waals surface area contributed by atoms with Crippen LogP contribution in [-0.4, -0.2) is 6.16 Å². The van der Waals surface area contributed by atoms with Crippen LogP contribution in [0.3, 0.4) is 0 Å². The van der Waals surface area contributed by atoms with E-state index in [0.717, 1.165) is 5.92 Å². The van der Waals surface area contributed by atoms with E-state index in [9.17, 15) is 0 Å². The van der Waals surface area contributed by atoms with E-state index >= 15 is 0 Å². The summed E-state index contributed by atoms with van der Waals surface area (Å²) in [5.41, 5.74) is 0. The first kappa shape index (κ1) is 21.1. The first-order valence-corrected chi connectivity index (χ1v) is 11.3. The van der Waals surface area contributed by atoms with Crippen LogP contribution in [0.5, 0.6) is 0 Å². The first-order valence-electron chi connectivity index (χ1n) is 9.28. The van der Waals surface area contributed by atoms with E-state index in [1.807, 2.05) is 0 Å². The predicted molar refractivity (Wildman–Crippen MR) is 114 cm³/mol. The second kappa shape index (κ2) is 10.2. The summed E-state index contributed by atoms with van der Waals surface area (Å²) in [5, 5.41) is 4.49. The van der Waals surface area contributed by atoms with Crippen LogP contribution in [-0.2, 0) is 0 Å². The van der Waals surface area contributed by atoms with Crippen molar-refractivity contribution >= 4 is 23.2 Å². The van der Waals surface area contributed by atoms with Crippen molar-refractivity contribution in [3.63, 3.8) is 0 Å². The van der Waals surface area contributed by atoms with Crippen molar-refractivity contribution in [3.05, 3.63) is 91.0 Å². The lowest BCUT2D eigenvalue weighted by atomic mass is 10.1. The summed E-state index contributed by atoms with van der Waals surface area (Å²) in [7, 11) is -1.61. The molecule has 136 valence electrons. The molecule has 0 radical (unpaired) electrons. The average molecular weight is 474 g/mol. The summed E-state index contributed by atoms with van der Waals surface area (Å²) in [6, 6.07) is 33.6. The van der Waals surface area contributed by atoms with Crippen LogP contribution in [0.25, 0.3) is 0 Å². The molecule has 0 spiro atoms. The average Bonchev–Trinajstić information content (AvgIpc) is 2.67. The van der Waals surface area contributed by atoms with Crippen molar-refractivity contribution < 1.29 is 24.0 Å². The Kier molecular flexibility index (Phi) is 8.31. The molecule has 0 heterocycles. The predicted octanol–water partition coefficient (Wildman–Crippen LogP) is 2.42. The second-order valence-electron chi connectivity index (χ2n) is 7.08. The van der Waals surface area contributed by atoms with Gasteiger partial charge in [0.15, 0.2) is 0 Å². The highest BCUT2D eigenvalue weighted by atomic mass is 127. The number of rotatable bonds is 7. The maximum Gasteiger partial charge on any atom is 0.112 e. The van der Waals surface area contributed by atoms with Gasteiger partial charge in [-0.1, -0.05) is 68.4 Å². The molecule has 0 N–H and O–H groups in total. The van der Waals surface area contributed by atoms with E-state index in [4.69, 9.17) is 0 Å². The number of hydrogen-bond donors (Lipinski definition) is 0. The first-order chi connectivity index (χ1) is 12.2. The number of hydrogen-bond acceptors (Lipinski definition) is 0. The molecule has 0 saturated heterocycles. The van der Waals surface area contributed by atoms with Gasteiger partial charge in [0.2, 0.25) is 0 Å². The molecule has 3 aromatic carbocycles. The molecule has 0 saturated carbocycles. The third kappa shape index (κ3) is 4.75. The molecular weight excluding hydrogens is 446 g/mol. The van der Waals surface area contributed by atoms with E-state index in [1.165, 1.54) is 34.9 Å². The molecule has 0 fully saturated rings. The Bertz CT molecular complexity index is 657. The molecule has 0 aliphatic carbocycles. The van der Waals surface area contributed by atoms with Gasteiger partial charge >= 0.3 is 0 Å². The number of halogens is 1. The highest BCUT2D eigenvalue weighted by Gasteiger charge is 2.44. The Hall–Kier alpha value is -1.18. The van der Waals surface area contributed by atoms with Crippen molar-refractivity contribution in [2.24, 2.45) is 5.92 Å². The fraction of sp³-hybridized carbons (Fsp3) is 0.250. The molecule has 0 atom stereocenters. The van der Waals surface area contributed by atoms with Crippen LogP contribution >= 0.6 is 7.26 Å². The largest absolute Gasteiger partial charge is 1.00 e. The SMILES string of the molecule is CC(C)CCC[P+](c1ccccc1)(c1ccccc1)c1ccccc1.[I-]. The summed E-state index contributed by atoms with van der Waals surface area (Å²) >= 11 is 0.